The minimum atomic E-state index is -3.98. The number of rotatable bonds is 19. The molecule has 0 bridgehead atoms. The Morgan fingerprint density at radius 3 is 1.98 bits per heavy atom. The van der Waals surface area contributed by atoms with E-state index >= 15 is 0 Å². The van der Waals surface area contributed by atoms with Gasteiger partial charge in [0.1, 0.15) is 0 Å². The first-order valence-electron chi connectivity index (χ1n) is 14.6. The van der Waals surface area contributed by atoms with Gasteiger partial charge < -0.3 is 0 Å². The molecule has 1 N–H and O–H groups in total. The number of ether oxygens (including phenoxy) is 1. The third-order valence-corrected chi connectivity index (χ3v) is 14.2. The molecular weight excluding hydrogens is 635 g/mol. The van der Waals surface area contributed by atoms with Gasteiger partial charge in [-0.25, -0.2) is 0 Å². The summed E-state index contributed by atoms with van der Waals surface area (Å²) in [6.07, 6.45) is 12.7. The van der Waals surface area contributed by atoms with Crippen molar-refractivity contribution in [1.82, 2.24) is 0 Å². The van der Waals surface area contributed by atoms with E-state index in [2.05, 4.69) is 6.92 Å². The van der Waals surface area contributed by atoms with Crippen LogP contribution in [0.25, 0.3) is 0 Å². The average Bonchev–Trinajstić information content (AvgIpc) is 2.97. The van der Waals surface area contributed by atoms with E-state index in [1.807, 2.05) is 61.5 Å². The molecular formula is C33H45IO5S. The molecule has 3 aromatic rings. The first-order chi connectivity index (χ1) is 19.4. The van der Waals surface area contributed by atoms with Crippen molar-refractivity contribution in [1.29, 1.82) is 0 Å². The summed E-state index contributed by atoms with van der Waals surface area (Å²) >= 11 is -2.93. The van der Waals surface area contributed by atoms with Crippen LogP contribution in [0.2, 0.25) is 0 Å². The molecule has 220 valence electrons. The quantitative estimate of drug-likeness (QED) is 0.101. The molecule has 0 heterocycles. The SMILES string of the molecule is CCCCCCCCCCCCC(O)COc1ccccc1I(OS(=O)(=O)c1ccc(C)cc1)c1ccccc1. The molecule has 1 atom stereocenters. The van der Waals surface area contributed by atoms with Crippen molar-refractivity contribution in [3.63, 3.8) is 0 Å². The van der Waals surface area contributed by atoms with Crippen molar-refractivity contribution in [3.05, 3.63) is 91.6 Å². The molecule has 1 unspecified atom stereocenters. The van der Waals surface area contributed by atoms with E-state index in [-0.39, 0.29) is 11.5 Å². The van der Waals surface area contributed by atoms with Crippen LogP contribution in [0.15, 0.2) is 83.8 Å². The Hall–Kier alpha value is -1.94. The maximum atomic E-state index is 13.3. The molecule has 0 saturated carbocycles. The molecule has 7 heteroatoms. The van der Waals surface area contributed by atoms with Crippen LogP contribution in [0.4, 0.5) is 0 Å². The van der Waals surface area contributed by atoms with Gasteiger partial charge in [0.05, 0.1) is 0 Å². The number of aliphatic hydroxyl groups is 1. The van der Waals surface area contributed by atoms with Crippen molar-refractivity contribution in [3.8, 4) is 5.75 Å². The standard InChI is InChI=1S/C33H45IO5S/c1-3-4-5-6-7-8-9-10-11-15-20-30(35)27-38-33-22-17-16-21-32(33)34(29-18-13-12-14-19-29)39-40(36,37)31-25-23-28(2)24-26-31/h12-14,16-19,21-26,30,35H,3-11,15,20,27H2,1-2H3. The topological polar surface area (TPSA) is 72.8 Å². The van der Waals surface area contributed by atoms with E-state index in [0.717, 1.165) is 25.5 Å². The molecule has 0 fully saturated rings. The van der Waals surface area contributed by atoms with Crippen LogP contribution in [-0.4, -0.2) is 26.2 Å². The third kappa shape index (κ3) is 11.1. The number of hydrogen-bond acceptors (Lipinski definition) is 5. The molecule has 0 aliphatic carbocycles. The van der Waals surface area contributed by atoms with Gasteiger partial charge in [0.25, 0.3) is 0 Å². The fourth-order valence-corrected chi connectivity index (χ4v) is 11.6. The second-order valence-corrected chi connectivity index (χ2v) is 16.7. The Bertz CT molecular complexity index is 1220. The second-order valence-electron chi connectivity index (χ2n) is 10.2. The van der Waals surface area contributed by atoms with Gasteiger partial charge in [0.2, 0.25) is 0 Å². The van der Waals surface area contributed by atoms with Crippen molar-refractivity contribution in [2.75, 3.05) is 6.61 Å². The van der Waals surface area contributed by atoms with Gasteiger partial charge in [0, 0.05) is 0 Å². The number of halogens is 1. The summed E-state index contributed by atoms with van der Waals surface area (Å²) in [6.45, 7) is 4.33. The average molecular weight is 681 g/mol. The Morgan fingerprint density at radius 2 is 1.32 bits per heavy atom. The Labute approximate surface area is 249 Å². The number of para-hydroxylation sites is 1. The van der Waals surface area contributed by atoms with Crippen LogP contribution in [-0.2, 0) is 12.6 Å². The zero-order chi connectivity index (χ0) is 28.6. The molecule has 0 aliphatic rings. The van der Waals surface area contributed by atoms with E-state index in [0.29, 0.717) is 12.2 Å². The predicted molar refractivity (Wildman–Crippen MR) is 172 cm³/mol. The predicted octanol–water partition coefficient (Wildman–Crippen LogP) is 8.91. The summed E-state index contributed by atoms with van der Waals surface area (Å²) < 4.78 is 40.3. The number of benzene rings is 3. The number of hydrogen-bond donors (Lipinski definition) is 1. The molecule has 5 nitrogen and oxygen atoms in total. The van der Waals surface area contributed by atoms with E-state index in [1.165, 1.54) is 51.4 Å². The third-order valence-electron chi connectivity index (χ3n) is 6.73. The minimum absolute atomic E-state index is 0.140. The summed E-state index contributed by atoms with van der Waals surface area (Å²) in [5.41, 5.74) is 0.979. The van der Waals surface area contributed by atoms with E-state index in [9.17, 15) is 13.5 Å². The van der Waals surface area contributed by atoms with Gasteiger partial charge in [-0.15, -0.1) is 0 Å². The summed E-state index contributed by atoms with van der Waals surface area (Å²) in [4.78, 5) is 0.140. The Morgan fingerprint density at radius 1 is 0.750 bits per heavy atom. The Balaban J connectivity index is 1.58. The van der Waals surface area contributed by atoms with Crippen molar-refractivity contribution >= 4 is 30.4 Å². The molecule has 3 aromatic carbocycles. The van der Waals surface area contributed by atoms with Gasteiger partial charge >= 0.3 is 218 Å². The number of aryl methyl sites for hydroxylation is 1. The zero-order valence-corrected chi connectivity index (χ0v) is 26.9. The summed E-state index contributed by atoms with van der Waals surface area (Å²) in [5, 5.41) is 10.6. The van der Waals surface area contributed by atoms with Crippen molar-refractivity contribution < 1.29 is 20.8 Å². The first kappa shape index (κ1) is 32.6. The van der Waals surface area contributed by atoms with Gasteiger partial charge in [-0.1, -0.05) is 32.6 Å². The van der Waals surface area contributed by atoms with Crippen LogP contribution in [0.3, 0.4) is 0 Å². The molecule has 0 aromatic heterocycles. The van der Waals surface area contributed by atoms with Crippen LogP contribution in [0.1, 0.15) is 83.1 Å². The van der Waals surface area contributed by atoms with E-state index < -0.39 is 36.5 Å². The van der Waals surface area contributed by atoms with Gasteiger partial charge in [0.15, 0.2) is 0 Å². The fraction of sp³-hybridized carbons (Fsp3) is 0.455. The summed E-state index contributed by atoms with van der Waals surface area (Å²) in [7, 11) is -3.98. The Kier molecular flexibility index (Phi) is 14.5. The van der Waals surface area contributed by atoms with Gasteiger partial charge in [-0.05, 0) is 0 Å². The maximum absolute atomic E-state index is 13.3. The van der Waals surface area contributed by atoms with E-state index in [4.69, 9.17) is 7.25 Å². The molecule has 0 aliphatic heterocycles. The normalized spacial score (nSPS) is 12.7. The summed E-state index contributed by atoms with van der Waals surface area (Å²) in [5.74, 6) is 0.567. The first-order valence-corrected chi connectivity index (χ1v) is 19.0. The second kappa shape index (κ2) is 17.8. The van der Waals surface area contributed by atoms with Crippen LogP contribution < -0.4 is 4.74 Å². The van der Waals surface area contributed by atoms with Crippen molar-refractivity contribution in [2.24, 2.45) is 0 Å². The van der Waals surface area contributed by atoms with Gasteiger partial charge in [-0.2, -0.15) is 0 Å². The van der Waals surface area contributed by atoms with Crippen molar-refractivity contribution in [2.45, 2.75) is 95.5 Å². The molecule has 0 saturated heterocycles. The van der Waals surface area contributed by atoms with Crippen LogP contribution in [0, 0.1) is 14.1 Å². The molecule has 40 heavy (non-hydrogen) atoms. The monoisotopic (exact) mass is 680 g/mol. The summed E-state index contributed by atoms with van der Waals surface area (Å²) in [6, 6.07) is 23.6. The molecule has 0 amide bonds. The number of aliphatic hydroxyl groups excluding tert-OH is 1. The molecule has 3 rings (SSSR count). The number of unbranched alkanes of at least 4 members (excludes halogenated alkanes) is 9. The van der Waals surface area contributed by atoms with Crippen LogP contribution >= 0.6 is 20.2 Å². The molecule has 0 spiro atoms. The van der Waals surface area contributed by atoms with Crippen LogP contribution in [0.5, 0.6) is 5.75 Å². The fourth-order valence-electron chi connectivity index (χ4n) is 4.38. The zero-order valence-electron chi connectivity index (χ0n) is 23.9. The molecule has 0 radical (unpaired) electrons. The van der Waals surface area contributed by atoms with E-state index in [1.54, 1.807) is 24.3 Å². The van der Waals surface area contributed by atoms with Gasteiger partial charge in [-0.3, -0.25) is 0 Å².